The number of amides is 1. The number of rotatable bonds is 5. The molecule has 0 spiro atoms. The van der Waals surface area contributed by atoms with E-state index < -0.39 is 10.0 Å². The smallest absolute Gasteiger partial charge is 0.255 e. The van der Waals surface area contributed by atoms with Crippen molar-refractivity contribution in [1.82, 2.24) is 4.72 Å². The molecule has 120 valence electrons. The van der Waals surface area contributed by atoms with Crippen molar-refractivity contribution in [1.29, 1.82) is 0 Å². The van der Waals surface area contributed by atoms with Gasteiger partial charge in [-0.2, -0.15) is 0 Å². The number of hydrogen-bond donors (Lipinski definition) is 2. The lowest BCUT2D eigenvalue weighted by Gasteiger charge is -2.09. The molecule has 3 rings (SSSR count). The number of nitrogens with one attached hydrogen (secondary N) is 2. The number of sulfonamides is 1. The Morgan fingerprint density at radius 2 is 1.83 bits per heavy atom. The summed E-state index contributed by atoms with van der Waals surface area (Å²) in [5.74, 6) is -0.355. The molecule has 1 saturated carbocycles. The lowest BCUT2D eigenvalue weighted by Crippen LogP contribution is -2.26. The van der Waals surface area contributed by atoms with Crippen LogP contribution in [0, 0.1) is 0 Å². The minimum Gasteiger partial charge on any atom is -0.322 e. The summed E-state index contributed by atoms with van der Waals surface area (Å²) in [4.78, 5) is 12.4. The van der Waals surface area contributed by atoms with E-state index in [1.807, 2.05) is 6.07 Å². The van der Waals surface area contributed by atoms with E-state index in [0.717, 1.165) is 17.3 Å². The highest BCUT2D eigenvalue weighted by Crippen LogP contribution is 2.23. The fourth-order valence-electron chi connectivity index (χ4n) is 2.06. The van der Waals surface area contributed by atoms with Crippen LogP contribution in [0.25, 0.3) is 0 Å². The zero-order valence-corrected chi connectivity index (χ0v) is 14.5. The Morgan fingerprint density at radius 3 is 2.52 bits per heavy atom. The summed E-state index contributed by atoms with van der Waals surface area (Å²) in [5, 5.41) is 2.75. The second-order valence-electron chi connectivity index (χ2n) is 5.39. The number of hydrogen-bond acceptors (Lipinski definition) is 3. The summed E-state index contributed by atoms with van der Waals surface area (Å²) in [6.45, 7) is 0. The van der Waals surface area contributed by atoms with Crippen LogP contribution in [0.1, 0.15) is 23.2 Å². The third kappa shape index (κ3) is 4.19. The minimum atomic E-state index is -3.57. The first-order valence-corrected chi connectivity index (χ1v) is 9.41. The van der Waals surface area contributed by atoms with Gasteiger partial charge in [0.05, 0.1) is 4.90 Å². The topological polar surface area (TPSA) is 75.3 Å². The van der Waals surface area contributed by atoms with Crippen LogP contribution in [0.2, 0.25) is 0 Å². The van der Waals surface area contributed by atoms with Crippen LogP contribution in [0.15, 0.2) is 57.9 Å². The summed E-state index contributed by atoms with van der Waals surface area (Å²) >= 11 is 3.34. The van der Waals surface area contributed by atoms with Gasteiger partial charge in [-0.1, -0.05) is 28.1 Å². The van der Waals surface area contributed by atoms with Crippen LogP contribution in [0.5, 0.6) is 0 Å². The van der Waals surface area contributed by atoms with Gasteiger partial charge in [-0.25, -0.2) is 13.1 Å². The molecule has 0 bridgehead atoms. The number of carbonyl (C=O) groups is 1. The number of carbonyl (C=O) groups excluding carboxylic acids is 1. The Balaban J connectivity index is 1.80. The van der Waals surface area contributed by atoms with E-state index in [1.54, 1.807) is 30.3 Å². The fourth-order valence-corrected chi connectivity index (χ4v) is 3.81. The second-order valence-corrected chi connectivity index (χ2v) is 8.02. The Labute approximate surface area is 143 Å². The van der Waals surface area contributed by atoms with Gasteiger partial charge in [-0.3, -0.25) is 4.79 Å². The van der Waals surface area contributed by atoms with E-state index in [2.05, 4.69) is 26.0 Å². The number of halogens is 1. The molecule has 0 atom stereocenters. The average molecular weight is 395 g/mol. The number of benzene rings is 2. The van der Waals surface area contributed by atoms with Crippen molar-refractivity contribution in [2.24, 2.45) is 0 Å². The standard InChI is InChI=1S/C16H15BrN2O3S/c17-12-4-2-5-14(10-12)18-16(20)11-3-1-6-15(9-11)23(21,22)19-13-7-8-13/h1-6,9-10,13,19H,7-8H2,(H,18,20). The summed E-state index contributed by atoms with van der Waals surface area (Å²) in [7, 11) is -3.57. The summed E-state index contributed by atoms with van der Waals surface area (Å²) < 4.78 is 27.9. The third-order valence-electron chi connectivity index (χ3n) is 3.39. The van der Waals surface area contributed by atoms with Crippen LogP contribution in [-0.4, -0.2) is 20.4 Å². The second kappa shape index (κ2) is 6.43. The molecule has 2 aromatic carbocycles. The molecule has 2 aromatic rings. The molecule has 1 amide bonds. The van der Waals surface area contributed by atoms with E-state index in [-0.39, 0.29) is 16.8 Å². The van der Waals surface area contributed by atoms with Gasteiger partial charge >= 0.3 is 0 Å². The zero-order valence-electron chi connectivity index (χ0n) is 12.1. The van der Waals surface area contributed by atoms with Crippen molar-refractivity contribution >= 4 is 37.5 Å². The van der Waals surface area contributed by atoms with Crippen molar-refractivity contribution < 1.29 is 13.2 Å². The molecular formula is C16H15BrN2O3S. The Bertz CT molecular complexity index is 848. The van der Waals surface area contributed by atoms with Gasteiger partial charge in [0.15, 0.2) is 0 Å². The van der Waals surface area contributed by atoms with Crippen LogP contribution in [-0.2, 0) is 10.0 Å². The molecule has 1 aliphatic carbocycles. The Morgan fingerprint density at radius 1 is 1.09 bits per heavy atom. The van der Waals surface area contributed by atoms with Crippen LogP contribution in [0.3, 0.4) is 0 Å². The highest BCUT2D eigenvalue weighted by atomic mass is 79.9. The first-order chi connectivity index (χ1) is 10.9. The van der Waals surface area contributed by atoms with Gasteiger partial charge in [-0.15, -0.1) is 0 Å². The average Bonchev–Trinajstić information content (AvgIpc) is 3.31. The van der Waals surface area contributed by atoms with Crippen molar-refractivity contribution in [2.45, 2.75) is 23.8 Å². The lowest BCUT2D eigenvalue weighted by atomic mass is 10.2. The predicted octanol–water partition coefficient (Wildman–Crippen LogP) is 3.14. The van der Waals surface area contributed by atoms with Gasteiger partial charge in [-0.05, 0) is 49.2 Å². The maximum atomic E-state index is 12.3. The first-order valence-electron chi connectivity index (χ1n) is 7.13. The molecule has 0 unspecified atom stereocenters. The molecule has 7 heteroatoms. The van der Waals surface area contributed by atoms with E-state index in [1.165, 1.54) is 12.1 Å². The van der Waals surface area contributed by atoms with Crippen LogP contribution in [0.4, 0.5) is 5.69 Å². The normalized spacial score (nSPS) is 14.5. The maximum Gasteiger partial charge on any atom is 0.255 e. The van der Waals surface area contributed by atoms with Crippen molar-refractivity contribution in [3.8, 4) is 0 Å². The van der Waals surface area contributed by atoms with Crippen molar-refractivity contribution in [2.75, 3.05) is 5.32 Å². The van der Waals surface area contributed by atoms with E-state index >= 15 is 0 Å². The van der Waals surface area contributed by atoms with Crippen molar-refractivity contribution in [3.05, 3.63) is 58.6 Å². The predicted molar refractivity (Wildman–Crippen MR) is 91.9 cm³/mol. The summed E-state index contributed by atoms with van der Waals surface area (Å²) in [6.07, 6.45) is 1.73. The maximum absolute atomic E-state index is 12.3. The largest absolute Gasteiger partial charge is 0.322 e. The zero-order chi connectivity index (χ0) is 16.4. The Kier molecular flexibility index (Phi) is 4.52. The summed E-state index contributed by atoms with van der Waals surface area (Å²) in [5.41, 5.74) is 0.928. The minimum absolute atomic E-state index is 0.0270. The molecule has 2 N–H and O–H groups in total. The summed E-state index contributed by atoms with van der Waals surface area (Å²) in [6, 6.07) is 13.2. The lowest BCUT2D eigenvalue weighted by molar-refractivity contribution is 0.102. The van der Waals surface area contributed by atoms with E-state index in [9.17, 15) is 13.2 Å². The molecule has 1 fully saturated rings. The monoisotopic (exact) mass is 394 g/mol. The molecule has 0 aromatic heterocycles. The van der Waals surface area contributed by atoms with Crippen molar-refractivity contribution in [3.63, 3.8) is 0 Å². The highest BCUT2D eigenvalue weighted by Gasteiger charge is 2.28. The van der Waals surface area contributed by atoms with Gasteiger partial charge in [0, 0.05) is 21.8 Å². The third-order valence-corrected chi connectivity index (χ3v) is 5.40. The van der Waals surface area contributed by atoms with E-state index in [4.69, 9.17) is 0 Å². The molecular weight excluding hydrogens is 380 g/mol. The van der Waals surface area contributed by atoms with Crippen LogP contribution >= 0.6 is 15.9 Å². The van der Waals surface area contributed by atoms with Gasteiger partial charge in [0.1, 0.15) is 0 Å². The Hall–Kier alpha value is -1.70. The molecule has 0 radical (unpaired) electrons. The fraction of sp³-hybridized carbons (Fsp3) is 0.188. The van der Waals surface area contributed by atoms with Gasteiger partial charge in [0.2, 0.25) is 10.0 Å². The molecule has 23 heavy (non-hydrogen) atoms. The molecule has 0 saturated heterocycles. The van der Waals surface area contributed by atoms with Gasteiger partial charge < -0.3 is 5.32 Å². The number of anilines is 1. The quantitative estimate of drug-likeness (QED) is 0.817. The highest BCUT2D eigenvalue weighted by molar-refractivity contribution is 9.10. The molecule has 1 aliphatic rings. The SMILES string of the molecule is O=C(Nc1cccc(Br)c1)c1cccc(S(=O)(=O)NC2CC2)c1. The molecule has 0 aliphatic heterocycles. The van der Waals surface area contributed by atoms with Gasteiger partial charge in [0.25, 0.3) is 5.91 Å². The molecule has 5 nitrogen and oxygen atoms in total. The van der Waals surface area contributed by atoms with Crippen LogP contribution < -0.4 is 10.0 Å². The first kappa shape index (κ1) is 16.2. The molecule has 0 heterocycles. The van der Waals surface area contributed by atoms with E-state index in [0.29, 0.717) is 11.3 Å².